The van der Waals surface area contributed by atoms with E-state index >= 15 is 0 Å². The number of nitrogens with zero attached hydrogens (tertiary/aromatic N) is 3. The fraction of sp³-hybridized carbons (Fsp3) is 0.368. The SMILES string of the molecule is Cc1oc2ncn(CC(=O)c3cc(C)n(C4CC4)c3C)c(=O)c2c1C(=O)O. The van der Waals surface area contributed by atoms with Crippen LogP contribution in [0.15, 0.2) is 21.6 Å². The molecule has 140 valence electrons. The smallest absolute Gasteiger partial charge is 0.340 e. The normalized spacial score (nSPS) is 14.0. The van der Waals surface area contributed by atoms with Gasteiger partial charge in [-0.3, -0.25) is 14.2 Å². The van der Waals surface area contributed by atoms with Crippen molar-refractivity contribution in [3.8, 4) is 0 Å². The first-order valence-corrected chi connectivity index (χ1v) is 8.73. The zero-order valence-electron chi connectivity index (χ0n) is 15.3. The number of furan rings is 1. The summed E-state index contributed by atoms with van der Waals surface area (Å²) in [6.07, 6.45) is 3.45. The summed E-state index contributed by atoms with van der Waals surface area (Å²) >= 11 is 0. The summed E-state index contributed by atoms with van der Waals surface area (Å²) < 4.78 is 8.56. The van der Waals surface area contributed by atoms with Gasteiger partial charge in [0.25, 0.3) is 5.56 Å². The van der Waals surface area contributed by atoms with E-state index in [4.69, 9.17) is 4.42 Å². The molecule has 1 saturated carbocycles. The molecule has 1 aliphatic rings. The van der Waals surface area contributed by atoms with Crippen molar-refractivity contribution >= 4 is 22.9 Å². The van der Waals surface area contributed by atoms with Crippen LogP contribution in [0.1, 0.15) is 56.7 Å². The molecule has 0 unspecified atom stereocenters. The fourth-order valence-corrected chi connectivity index (χ4v) is 3.70. The third-order valence-corrected chi connectivity index (χ3v) is 5.08. The number of fused-ring (bicyclic) bond motifs is 1. The minimum Gasteiger partial charge on any atom is -0.478 e. The molecule has 3 aromatic rings. The number of rotatable bonds is 5. The lowest BCUT2D eigenvalue weighted by Crippen LogP contribution is -2.25. The van der Waals surface area contributed by atoms with Crippen LogP contribution in [0.25, 0.3) is 11.1 Å². The van der Waals surface area contributed by atoms with Gasteiger partial charge in [-0.1, -0.05) is 0 Å². The highest BCUT2D eigenvalue weighted by atomic mass is 16.4. The van der Waals surface area contributed by atoms with Gasteiger partial charge in [0.1, 0.15) is 23.0 Å². The van der Waals surface area contributed by atoms with Crippen molar-refractivity contribution in [2.24, 2.45) is 0 Å². The molecule has 8 heteroatoms. The molecule has 0 radical (unpaired) electrons. The van der Waals surface area contributed by atoms with Gasteiger partial charge in [0.2, 0.25) is 5.71 Å². The van der Waals surface area contributed by atoms with Crippen molar-refractivity contribution in [3.05, 3.63) is 51.0 Å². The number of aryl methyl sites for hydroxylation is 2. The van der Waals surface area contributed by atoms with Crippen LogP contribution in [-0.2, 0) is 6.54 Å². The number of carboxylic acid groups (broad SMARTS) is 1. The number of ketones is 1. The Hall–Kier alpha value is -3.16. The highest BCUT2D eigenvalue weighted by molar-refractivity contribution is 6.02. The topological polar surface area (TPSA) is 107 Å². The molecular formula is C19H19N3O5. The second kappa shape index (κ2) is 5.94. The van der Waals surface area contributed by atoms with Crippen LogP contribution in [0.2, 0.25) is 0 Å². The molecule has 27 heavy (non-hydrogen) atoms. The number of aromatic carboxylic acids is 1. The maximum Gasteiger partial charge on any atom is 0.340 e. The summed E-state index contributed by atoms with van der Waals surface area (Å²) in [5.41, 5.74) is 1.65. The van der Waals surface area contributed by atoms with Crippen molar-refractivity contribution in [1.29, 1.82) is 0 Å². The Morgan fingerprint density at radius 3 is 2.63 bits per heavy atom. The lowest BCUT2D eigenvalue weighted by molar-refractivity contribution is 0.0696. The Balaban J connectivity index is 1.74. The van der Waals surface area contributed by atoms with Crippen molar-refractivity contribution in [2.45, 2.75) is 46.2 Å². The van der Waals surface area contributed by atoms with Gasteiger partial charge in [0.15, 0.2) is 5.78 Å². The summed E-state index contributed by atoms with van der Waals surface area (Å²) in [5.74, 6) is -1.36. The molecule has 0 saturated heterocycles. The molecule has 0 bridgehead atoms. The molecule has 0 amide bonds. The number of hydrogen-bond acceptors (Lipinski definition) is 5. The van der Waals surface area contributed by atoms with Crippen LogP contribution in [0.3, 0.4) is 0 Å². The van der Waals surface area contributed by atoms with E-state index in [0.717, 1.165) is 28.8 Å². The molecule has 0 atom stereocenters. The molecule has 0 aliphatic heterocycles. The van der Waals surface area contributed by atoms with Gasteiger partial charge in [-0.25, -0.2) is 9.78 Å². The third kappa shape index (κ3) is 2.68. The number of carboxylic acids is 1. The Morgan fingerprint density at radius 2 is 2.00 bits per heavy atom. The van der Waals surface area contributed by atoms with Crippen molar-refractivity contribution < 1.29 is 19.1 Å². The largest absolute Gasteiger partial charge is 0.478 e. The number of Topliss-reactive ketones (excluding diaryl/α,β-unsaturated/α-hetero) is 1. The lowest BCUT2D eigenvalue weighted by atomic mass is 10.1. The van der Waals surface area contributed by atoms with E-state index in [1.807, 2.05) is 19.9 Å². The molecule has 0 aromatic carbocycles. The Labute approximate surface area is 154 Å². The van der Waals surface area contributed by atoms with Gasteiger partial charge in [-0.15, -0.1) is 0 Å². The van der Waals surface area contributed by atoms with Gasteiger partial charge in [0.05, 0.1) is 6.54 Å². The summed E-state index contributed by atoms with van der Waals surface area (Å²) in [5, 5.41) is 9.24. The molecule has 1 N–H and O–H groups in total. The number of carbonyl (C=O) groups excluding carboxylic acids is 1. The van der Waals surface area contributed by atoms with Crippen molar-refractivity contribution in [3.63, 3.8) is 0 Å². The zero-order valence-corrected chi connectivity index (χ0v) is 15.3. The van der Waals surface area contributed by atoms with Gasteiger partial charge >= 0.3 is 5.97 Å². The van der Waals surface area contributed by atoms with Crippen molar-refractivity contribution in [2.75, 3.05) is 0 Å². The highest BCUT2D eigenvalue weighted by Gasteiger charge is 2.29. The fourth-order valence-electron chi connectivity index (χ4n) is 3.70. The van der Waals surface area contributed by atoms with Crippen LogP contribution in [0, 0.1) is 20.8 Å². The van der Waals surface area contributed by atoms with E-state index in [-0.39, 0.29) is 34.8 Å². The van der Waals surface area contributed by atoms with E-state index in [9.17, 15) is 19.5 Å². The van der Waals surface area contributed by atoms with E-state index in [1.165, 1.54) is 13.3 Å². The van der Waals surface area contributed by atoms with Crippen LogP contribution in [-0.4, -0.2) is 31.0 Å². The summed E-state index contributed by atoms with van der Waals surface area (Å²) in [6, 6.07) is 2.30. The Kier molecular flexibility index (Phi) is 3.80. The van der Waals surface area contributed by atoms with Gasteiger partial charge in [-0.2, -0.15) is 0 Å². The summed E-state index contributed by atoms with van der Waals surface area (Å²) in [4.78, 5) is 41.0. The molecule has 8 nitrogen and oxygen atoms in total. The van der Waals surface area contributed by atoms with Gasteiger partial charge in [0, 0.05) is 23.0 Å². The number of hydrogen-bond donors (Lipinski definition) is 1. The van der Waals surface area contributed by atoms with E-state index in [2.05, 4.69) is 9.55 Å². The summed E-state index contributed by atoms with van der Waals surface area (Å²) in [6.45, 7) is 5.13. The average Bonchev–Trinajstić information content (AvgIpc) is 3.29. The minimum absolute atomic E-state index is 0.0366. The molecule has 1 fully saturated rings. The highest BCUT2D eigenvalue weighted by Crippen LogP contribution is 2.38. The molecule has 4 rings (SSSR count). The van der Waals surface area contributed by atoms with Crippen molar-refractivity contribution in [1.82, 2.24) is 14.1 Å². The Bertz CT molecular complexity index is 1160. The lowest BCUT2D eigenvalue weighted by Gasteiger charge is -2.08. The molecular weight excluding hydrogens is 350 g/mol. The first-order valence-electron chi connectivity index (χ1n) is 8.73. The standard InChI is InChI=1S/C19H19N3O5/c1-9-6-13(10(2)22(9)12-4-5-12)14(23)7-21-8-20-17-16(18(21)24)15(19(25)26)11(3)27-17/h6,8,12H,4-5,7H2,1-3H3,(H,25,26). The Morgan fingerprint density at radius 1 is 1.30 bits per heavy atom. The van der Waals surface area contributed by atoms with Crippen LogP contribution < -0.4 is 5.56 Å². The monoisotopic (exact) mass is 369 g/mol. The first-order chi connectivity index (χ1) is 12.8. The second-order valence-electron chi connectivity index (χ2n) is 7.01. The van der Waals surface area contributed by atoms with Gasteiger partial charge < -0.3 is 14.1 Å². The maximum atomic E-state index is 12.8. The predicted molar refractivity (Wildman–Crippen MR) is 96.5 cm³/mol. The minimum atomic E-state index is -1.26. The van der Waals surface area contributed by atoms with Crippen LogP contribution in [0.4, 0.5) is 0 Å². The van der Waals surface area contributed by atoms with E-state index < -0.39 is 11.5 Å². The first kappa shape index (κ1) is 17.3. The van der Waals surface area contributed by atoms with Crippen LogP contribution >= 0.6 is 0 Å². The molecule has 0 spiro atoms. The molecule has 1 aliphatic carbocycles. The number of carbonyl (C=O) groups is 2. The molecule has 3 heterocycles. The number of aromatic nitrogens is 3. The van der Waals surface area contributed by atoms with E-state index in [0.29, 0.717) is 11.6 Å². The zero-order chi connectivity index (χ0) is 19.5. The third-order valence-electron chi connectivity index (χ3n) is 5.08. The van der Waals surface area contributed by atoms with Gasteiger partial charge in [-0.05, 0) is 39.7 Å². The summed E-state index contributed by atoms with van der Waals surface area (Å²) in [7, 11) is 0. The average molecular weight is 369 g/mol. The second-order valence-corrected chi connectivity index (χ2v) is 7.01. The van der Waals surface area contributed by atoms with Crippen LogP contribution in [0.5, 0.6) is 0 Å². The molecule has 3 aromatic heterocycles. The maximum absolute atomic E-state index is 12.8. The quantitative estimate of drug-likeness (QED) is 0.693. The van der Waals surface area contributed by atoms with E-state index in [1.54, 1.807) is 0 Å². The predicted octanol–water partition coefficient (Wildman–Crippen LogP) is 2.63.